The highest BCUT2D eigenvalue weighted by Crippen LogP contribution is 2.10. The van der Waals surface area contributed by atoms with E-state index >= 15 is 0 Å². The van der Waals surface area contributed by atoms with Gasteiger partial charge < -0.3 is 9.97 Å². The Balaban J connectivity index is 1.40. The van der Waals surface area contributed by atoms with Gasteiger partial charge in [-0.2, -0.15) is 0 Å². The lowest BCUT2D eigenvalue weighted by molar-refractivity contribution is 0.590. The summed E-state index contributed by atoms with van der Waals surface area (Å²) in [5.74, 6) is 0. The van der Waals surface area contributed by atoms with Crippen LogP contribution in [0.15, 0.2) is 36.7 Å². The summed E-state index contributed by atoms with van der Waals surface area (Å²) < 4.78 is 0. The monoisotopic (exact) mass is 244 g/mol. The Labute approximate surface area is 110 Å². The van der Waals surface area contributed by atoms with E-state index in [0.717, 1.165) is 0 Å². The van der Waals surface area contributed by atoms with Crippen LogP contribution >= 0.6 is 0 Å². The maximum absolute atomic E-state index is 3.26. The molecule has 2 heterocycles. The van der Waals surface area contributed by atoms with Gasteiger partial charge in [0.2, 0.25) is 0 Å². The predicted molar refractivity (Wildman–Crippen MR) is 76.7 cm³/mol. The van der Waals surface area contributed by atoms with Crippen molar-refractivity contribution < 1.29 is 0 Å². The van der Waals surface area contributed by atoms with E-state index < -0.39 is 0 Å². The first-order valence-corrected chi connectivity index (χ1v) is 7.20. The summed E-state index contributed by atoms with van der Waals surface area (Å²) in [6, 6.07) is 8.51. The molecule has 0 amide bonds. The average Bonchev–Trinajstić information content (AvgIpc) is 3.05. The van der Waals surface area contributed by atoms with Crippen LogP contribution in [-0.4, -0.2) is 9.97 Å². The Morgan fingerprint density at radius 3 is 1.44 bits per heavy atom. The number of rotatable bonds is 9. The minimum absolute atomic E-state index is 1.20. The Hall–Kier alpha value is -1.44. The molecule has 0 spiro atoms. The maximum Gasteiger partial charge on any atom is 0.0147 e. The third kappa shape index (κ3) is 4.82. The number of aryl methyl sites for hydroxylation is 2. The SMILES string of the molecule is c1c[nH]c(CCCCCCCCc2ccc[nH]2)c1. The number of hydrogen-bond acceptors (Lipinski definition) is 0. The van der Waals surface area contributed by atoms with E-state index in [2.05, 4.69) is 34.2 Å². The van der Waals surface area contributed by atoms with Crippen molar-refractivity contribution in [3.8, 4) is 0 Å². The van der Waals surface area contributed by atoms with Gasteiger partial charge in [0.05, 0.1) is 0 Å². The van der Waals surface area contributed by atoms with E-state index in [1.165, 1.54) is 62.8 Å². The fourth-order valence-corrected chi connectivity index (χ4v) is 2.38. The molecule has 18 heavy (non-hydrogen) atoms. The molecule has 0 aliphatic heterocycles. The first-order valence-electron chi connectivity index (χ1n) is 7.20. The van der Waals surface area contributed by atoms with Crippen molar-refractivity contribution >= 4 is 0 Å². The van der Waals surface area contributed by atoms with Gasteiger partial charge in [-0.1, -0.05) is 25.7 Å². The predicted octanol–water partition coefficient (Wildman–Crippen LogP) is 4.47. The lowest BCUT2D eigenvalue weighted by atomic mass is 10.1. The summed E-state index contributed by atoms with van der Waals surface area (Å²) in [4.78, 5) is 6.52. The number of H-pyrrole nitrogens is 2. The van der Waals surface area contributed by atoms with Crippen LogP contribution in [0.25, 0.3) is 0 Å². The first kappa shape index (κ1) is 13.0. The fourth-order valence-electron chi connectivity index (χ4n) is 2.38. The molecule has 0 unspecified atom stereocenters. The lowest BCUT2D eigenvalue weighted by Crippen LogP contribution is -1.88. The van der Waals surface area contributed by atoms with Crippen LogP contribution in [0, 0.1) is 0 Å². The average molecular weight is 244 g/mol. The van der Waals surface area contributed by atoms with Crippen LogP contribution in [0.3, 0.4) is 0 Å². The topological polar surface area (TPSA) is 31.6 Å². The van der Waals surface area contributed by atoms with Crippen LogP contribution in [0.1, 0.15) is 49.9 Å². The second-order valence-corrected chi connectivity index (χ2v) is 5.01. The van der Waals surface area contributed by atoms with Gasteiger partial charge in [0, 0.05) is 23.8 Å². The summed E-state index contributed by atoms with van der Waals surface area (Å²) >= 11 is 0. The standard InChI is InChI=1S/C16H24N2/c1(3-5-9-15-11-7-13-17-15)2-4-6-10-16-12-8-14-18-16/h7-8,11-14,17-18H,1-6,9-10H2. The molecule has 0 saturated carbocycles. The molecule has 2 rings (SSSR count). The van der Waals surface area contributed by atoms with E-state index in [4.69, 9.17) is 0 Å². The summed E-state index contributed by atoms with van der Waals surface area (Å²) in [6.07, 6.45) is 14.5. The second-order valence-electron chi connectivity index (χ2n) is 5.01. The number of unbranched alkanes of at least 4 members (excludes halogenated alkanes) is 5. The molecule has 0 atom stereocenters. The van der Waals surface area contributed by atoms with E-state index in [1.807, 2.05) is 12.4 Å². The quantitative estimate of drug-likeness (QED) is 0.610. The van der Waals surface area contributed by atoms with Gasteiger partial charge in [-0.25, -0.2) is 0 Å². The number of hydrogen-bond donors (Lipinski definition) is 2. The molecule has 0 radical (unpaired) electrons. The molecule has 98 valence electrons. The molecule has 2 aromatic heterocycles. The van der Waals surface area contributed by atoms with Crippen molar-refractivity contribution in [1.82, 2.24) is 9.97 Å². The molecule has 0 aromatic carbocycles. The Bertz CT molecular complexity index is 346. The Morgan fingerprint density at radius 1 is 0.611 bits per heavy atom. The van der Waals surface area contributed by atoms with Crippen LogP contribution in [0.5, 0.6) is 0 Å². The zero-order valence-electron chi connectivity index (χ0n) is 11.1. The van der Waals surface area contributed by atoms with Crippen LogP contribution in [-0.2, 0) is 12.8 Å². The van der Waals surface area contributed by atoms with E-state index in [1.54, 1.807) is 0 Å². The normalized spacial score (nSPS) is 10.9. The van der Waals surface area contributed by atoms with Crippen LogP contribution in [0.4, 0.5) is 0 Å². The van der Waals surface area contributed by atoms with Crippen LogP contribution < -0.4 is 0 Å². The van der Waals surface area contributed by atoms with Gasteiger partial charge in [-0.3, -0.25) is 0 Å². The summed E-state index contributed by atoms with van der Waals surface area (Å²) in [5.41, 5.74) is 2.75. The highest BCUT2D eigenvalue weighted by molar-refractivity contribution is 5.03. The maximum atomic E-state index is 3.26. The van der Waals surface area contributed by atoms with Crippen molar-refractivity contribution in [3.05, 3.63) is 48.0 Å². The molecule has 2 nitrogen and oxygen atoms in total. The lowest BCUT2D eigenvalue weighted by Gasteiger charge is -2.01. The molecule has 0 aliphatic rings. The number of aromatic amines is 2. The molecule has 2 aromatic rings. The number of nitrogens with one attached hydrogen (secondary N) is 2. The van der Waals surface area contributed by atoms with Gasteiger partial charge in [-0.05, 0) is 49.9 Å². The van der Waals surface area contributed by atoms with Gasteiger partial charge >= 0.3 is 0 Å². The van der Waals surface area contributed by atoms with Crippen molar-refractivity contribution in [3.63, 3.8) is 0 Å². The van der Waals surface area contributed by atoms with Gasteiger partial charge in [0.1, 0.15) is 0 Å². The van der Waals surface area contributed by atoms with Crippen molar-refractivity contribution in [2.24, 2.45) is 0 Å². The van der Waals surface area contributed by atoms with Gasteiger partial charge in [0.15, 0.2) is 0 Å². The summed E-state index contributed by atoms with van der Waals surface area (Å²) in [5, 5.41) is 0. The number of aromatic nitrogens is 2. The van der Waals surface area contributed by atoms with Crippen LogP contribution in [0.2, 0.25) is 0 Å². The van der Waals surface area contributed by atoms with Crippen molar-refractivity contribution in [2.75, 3.05) is 0 Å². The molecular weight excluding hydrogens is 220 g/mol. The third-order valence-electron chi connectivity index (χ3n) is 3.47. The smallest absolute Gasteiger partial charge is 0.0147 e. The molecule has 0 saturated heterocycles. The van der Waals surface area contributed by atoms with E-state index in [0.29, 0.717) is 0 Å². The molecule has 2 N–H and O–H groups in total. The molecule has 2 heteroatoms. The Kier molecular flexibility index (Phi) is 5.64. The fraction of sp³-hybridized carbons (Fsp3) is 0.500. The summed E-state index contributed by atoms with van der Waals surface area (Å²) in [7, 11) is 0. The van der Waals surface area contributed by atoms with Gasteiger partial charge in [-0.15, -0.1) is 0 Å². The minimum Gasteiger partial charge on any atom is -0.365 e. The van der Waals surface area contributed by atoms with Crippen molar-refractivity contribution in [1.29, 1.82) is 0 Å². The summed E-state index contributed by atoms with van der Waals surface area (Å²) in [6.45, 7) is 0. The minimum atomic E-state index is 1.20. The molecule has 0 bridgehead atoms. The van der Waals surface area contributed by atoms with Gasteiger partial charge in [0.25, 0.3) is 0 Å². The zero-order chi connectivity index (χ0) is 12.5. The molecule has 0 fully saturated rings. The highest BCUT2D eigenvalue weighted by Gasteiger charge is 1.95. The highest BCUT2D eigenvalue weighted by atomic mass is 14.7. The third-order valence-corrected chi connectivity index (χ3v) is 3.47. The largest absolute Gasteiger partial charge is 0.365 e. The zero-order valence-corrected chi connectivity index (χ0v) is 11.1. The van der Waals surface area contributed by atoms with E-state index in [9.17, 15) is 0 Å². The molecule has 0 aliphatic carbocycles. The van der Waals surface area contributed by atoms with Crippen molar-refractivity contribution in [2.45, 2.75) is 51.4 Å². The second kappa shape index (κ2) is 7.80. The Morgan fingerprint density at radius 2 is 1.06 bits per heavy atom. The van der Waals surface area contributed by atoms with E-state index in [-0.39, 0.29) is 0 Å². The molecular formula is C16H24N2. The first-order chi connectivity index (χ1) is 8.95.